The van der Waals surface area contributed by atoms with Gasteiger partial charge in [0.25, 0.3) is 6.43 Å². The maximum atomic E-state index is 12.1. The second-order valence-corrected chi connectivity index (χ2v) is 2.40. The quantitative estimate of drug-likeness (QED) is 0.680. The number of nitrogen functional groups attached to an aromatic ring is 1. The van der Waals surface area contributed by atoms with Crippen LogP contribution in [-0.4, -0.2) is 10.1 Å². The van der Waals surface area contributed by atoms with Crippen LogP contribution in [-0.2, 0) is 0 Å². The van der Waals surface area contributed by atoms with Crippen molar-refractivity contribution >= 4 is 5.82 Å². The first-order chi connectivity index (χ1) is 5.52. The van der Waals surface area contributed by atoms with Gasteiger partial charge in [-0.1, -0.05) is 0 Å². The van der Waals surface area contributed by atoms with Crippen LogP contribution in [0.1, 0.15) is 17.7 Å². The Hall–Kier alpha value is -1.39. The molecule has 12 heavy (non-hydrogen) atoms. The Balaban J connectivity index is 3.23. The maximum Gasteiger partial charge on any atom is 0.284 e. The lowest BCUT2D eigenvalue weighted by Gasteiger charge is -2.05. The molecule has 0 aliphatic carbocycles. The van der Waals surface area contributed by atoms with Crippen LogP contribution in [0.15, 0.2) is 6.07 Å². The lowest BCUT2D eigenvalue weighted by Crippen LogP contribution is -1.99. The van der Waals surface area contributed by atoms with Gasteiger partial charge in [0.05, 0.1) is 0 Å². The van der Waals surface area contributed by atoms with Crippen molar-refractivity contribution in [3.8, 4) is 5.75 Å². The molecule has 0 spiro atoms. The van der Waals surface area contributed by atoms with Gasteiger partial charge in [0.2, 0.25) is 0 Å². The fourth-order valence-corrected chi connectivity index (χ4v) is 0.789. The summed E-state index contributed by atoms with van der Waals surface area (Å²) in [5, 5.41) is 8.99. The third-order valence-electron chi connectivity index (χ3n) is 1.47. The minimum atomic E-state index is -2.80. The number of aromatic nitrogens is 1. The molecule has 0 bridgehead atoms. The number of hydrogen-bond donors (Lipinski definition) is 2. The minimum Gasteiger partial charge on any atom is -0.506 e. The molecule has 3 nitrogen and oxygen atoms in total. The third kappa shape index (κ3) is 1.44. The fraction of sp³-hybridized carbons (Fsp3) is 0.286. The molecule has 1 heterocycles. The number of nitrogens with two attached hydrogens (primary N) is 1. The molecule has 1 aromatic rings. The van der Waals surface area contributed by atoms with Gasteiger partial charge < -0.3 is 10.8 Å². The van der Waals surface area contributed by atoms with Crippen molar-refractivity contribution in [2.45, 2.75) is 13.3 Å². The van der Waals surface area contributed by atoms with Crippen LogP contribution in [0.3, 0.4) is 0 Å². The zero-order valence-electron chi connectivity index (χ0n) is 6.38. The van der Waals surface area contributed by atoms with Gasteiger partial charge in [0.15, 0.2) is 5.69 Å². The molecule has 0 unspecified atom stereocenters. The van der Waals surface area contributed by atoms with E-state index in [0.717, 1.165) is 0 Å². The molecular weight excluding hydrogens is 166 g/mol. The summed E-state index contributed by atoms with van der Waals surface area (Å²) in [6, 6.07) is 1.17. The number of aromatic hydroxyl groups is 1. The first-order valence-corrected chi connectivity index (χ1v) is 3.26. The van der Waals surface area contributed by atoms with Crippen molar-refractivity contribution < 1.29 is 13.9 Å². The molecule has 0 atom stereocenters. The molecule has 1 aromatic heterocycles. The first-order valence-electron chi connectivity index (χ1n) is 3.26. The van der Waals surface area contributed by atoms with E-state index in [0.29, 0.717) is 5.56 Å². The van der Waals surface area contributed by atoms with Crippen LogP contribution < -0.4 is 5.73 Å². The van der Waals surface area contributed by atoms with E-state index in [4.69, 9.17) is 10.8 Å². The van der Waals surface area contributed by atoms with E-state index in [1.54, 1.807) is 6.92 Å². The molecule has 0 aromatic carbocycles. The highest BCUT2D eigenvalue weighted by molar-refractivity contribution is 5.45. The molecule has 66 valence electrons. The Morgan fingerprint density at radius 1 is 1.58 bits per heavy atom. The molecule has 0 aliphatic rings. The monoisotopic (exact) mass is 174 g/mol. The predicted molar refractivity (Wildman–Crippen MR) is 40.0 cm³/mol. The molecule has 0 amide bonds. The molecule has 0 radical (unpaired) electrons. The largest absolute Gasteiger partial charge is 0.506 e. The second kappa shape index (κ2) is 2.92. The van der Waals surface area contributed by atoms with E-state index in [9.17, 15) is 8.78 Å². The zero-order valence-corrected chi connectivity index (χ0v) is 6.38. The number of nitrogens with zero attached hydrogens (tertiary/aromatic N) is 1. The summed E-state index contributed by atoms with van der Waals surface area (Å²) in [5.41, 5.74) is 5.09. The SMILES string of the molecule is Cc1cc(O)c(C(F)F)nc1N. The van der Waals surface area contributed by atoms with Crippen LogP contribution >= 0.6 is 0 Å². The smallest absolute Gasteiger partial charge is 0.284 e. The van der Waals surface area contributed by atoms with Crippen LogP contribution in [0.5, 0.6) is 5.75 Å². The van der Waals surface area contributed by atoms with Crippen molar-refractivity contribution in [1.29, 1.82) is 0 Å². The lowest BCUT2D eigenvalue weighted by molar-refractivity contribution is 0.142. The summed E-state index contributed by atoms with van der Waals surface area (Å²) in [5.74, 6) is -0.500. The Kier molecular flexibility index (Phi) is 2.12. The molecule has 0 aliphatic heterocycles. The van der Waals surface area contributed by atoms with Gasteiger partial charge in [-0.15, -0.1) is 0 Å². The van der Waals surface area contributed by atoms with Crippen LogP contribution in [0.4, 0.5) is 14.6 Å². The number of anilines is 1. The van der Waals surface area contributed by atoms with Gasteiger partial charge in [0.1, 0.15) is 11.6 Å². The van der Waals surface area contributed by atoms with Gasteiger partial charge in [0, 0.05) is 0 Å². The second-order valence-electron chi connectivity index (χ2n) is 2.40. The number of halogens is 2. The summed E-state index contributed by atoms with van der Waals surface area (Å²) in [4.78, 5) is 3.35. The Labute approximate surface area is 67.8 Å². The topological polar surface area (TPSA) is 59.1 Å². The van der Waals surface area contributed by atoms with E-state index >= 15 is 0 Å². The lowest BCUT2D eigenvalue weighted by atomic mass is 10.2. The van der Waals surface area contributed by atoms with E-state index < -0.39 is 17.9 Å². The Morgan fingerprint density at radius 2 is 2.17 bits per heavy atom. The zero-order chi connectivity index (χ0) is 9.30. The number of alkyl halides is 2. The average Bonchev–Trinajstić information content (AvgIpc) is 1.96. The first kappa shape index (κ1) is 8.70. The fourth-order valence-electron chi connectivity index (χ4n) is 0.789. The molecule has 5 heteroatoms. The number of pyridine rings is 1. The highest BCUT2D eigenvalue weighted by Crippen LogP contribution is 2.28. The number of aryl methyl sites for hydroxylation is 1. The summed E-state index contributed by atoms with van der Waals surface area (Å²) in [6.07, 6.45) is -2.80. The van der Waals surface area contributed by atoms with Crippen LogP contribution in [0.2, 0.25) is 0 Å². The van der Waals surface area contributed by atoms with Crippen LogP contribution in [0, 0.1) is 6.92 Å². The predicted octanol–water partition coefficient (Wildman–Crippen LogP) is 1.62. The van der Waals surface area contributed by atoms with E-state index in [-0.39, 0.29) is 5.82 Å². The van der Waals surface area contributed by atoms with Crippen molar-refractivity contribution in [3.63, 3.8) is 0 Å². The molecule has 0 saturated heterocycles. The molecular formula is C7H8F2N2O. The van der Waals surface area contributed by atoms with Gasteiger partial charge in [-0.05, 0) is 18.6 Å². The normalized spacial score (nSPS) is 10.7. The van der Waals surface area contributed by atoms with Crippen molar-refractivity contribution in [3.05, 3.63) is 17.3 Å². The standard InChI is InChI=1S/C7H8F2N2O/c1-3-2-4(12)5(6(8)9)11-7(3)10/h2,6,12H,1H3,(H2,10,11). The van der Waals surface area contributed by atoms with Crippen molar-refractivity contribution in [1.82, 2.24) is 4.98 Å². The van der Waals surface area contributed by atoms with Crippen molar-refractivity contribution in [2.75, 3.05) is 5.73 Å². The van der Waals surface area contributed by atoms with Gasteiger partial charge in [-0.25, -0.2) is 13.8 Å². The van der Waals surface area contributed by atoms with E-state index in [2.05, 4.69) is 4.98 Å². The van der Waals surface area contributed by atoms with Gasteiger partial charge in [-0.2, -0.15) is 0 Å². The molecule has 3 N–H and O–H groups in total. The highest BCUT2D eigenvalue weighted by atomic mass is 19.3. The summed E-state index contributed by atoms with van der Waals surface area (Å²) >= 11 is 0. The van der Waals surface area contributed by atoms with Crippen molar-refractivity contribution in [2.24, 2.45) is 0 Å². The summed E-state index contributed by atoms with van der Waals surface area (Å²) < 4.78 is 24.1. The molecule has 1 rings (SSSR count). The minimum absolute atomic E-state index is 0.0168. The Bertz CT molecular complexity index is 302. The molecule has 0 fully saturated rings. The number of rotatable bonds is 1. The van der Waals surface area contributed by atoms with E-state index in [1.165, 1.54) is 6.07 Å². The summed E-state index contributed by atoms with van der Waals surface area (Å²) in [7, 11) is 0. The van der Waals surface area contributed by atoms with Crippen LogP contribution in [0.25, 0.3) is 0 Å². The van der Waals surface area contributed by atoms with Gasteiger partial charge >= 0.3 is 0 Å². The highest BCUT2D eigenvalue weighted by Gasteiger charge is 2.15. The van der Waals surface area contributed by atoms with E-state index in [1.807, 2.05) is 0 Å². The number of hydrogen-bond acceptors (Lipinski definition) is 3. The Morgan fingerprint density at radius 3 is 2.67 bits per heavy atom. The maximum absolute atomic E-state index is 12.1. The summed E-state index contributed by atoms with van der Waals surface area (Å²) in [6.45, 7) is 1.58. The molecule has 0 saturated carbocycles. The third-order valence-corrected chi connectivity index (χ3v) is 1.47. The average molecular weight is 174 g/mol. The van der Waals surface area contributed by atoms with Gasteiger partial charge in [-0.3, -0.25) is 0 Å².